The summed E-state index contributed by atoms with van der Waals surface area (Å²) in [5.41, 5.74) is 0.633. The van der Waals surface area contributed by atoms with Crippen molar-refractivity contribution in [1.29, 1.82) is 0 Å². The lowest BCUT2D eigenvalue weighted by Gasteiger charge is -2.21. The number of anilines is 1. The van der Waals surface area contributed by atoms with Gasteiger partial charge in [0.05, 0.1) is 12.1 Å². The van der Waals surface area contributed by atoms with Crippen LogP contribution in [0.2, 0.25) is 0 Å². The smallest absolute Gasteiger partial charge is 0.321 e. The Morgan fingerprint density at radius 2 is 2.05 bits per heavy atom. The largest absolute Gasteiger partial charge is 0.481 e. The highest BCUT2D eigenvalue weighted by molar-refractivity contribution is 9.11. The summed E-state index contributed by atoms with van der Waals surface area (Å²) in [7, 11) is 0. The summed E-state index contributed by atoms with van der Waals surface area (Å²) in [4.78, 5) is 24.0. The number of halogens is 2. The number of benzene rings is 1. The van der Waals surface area contributed by atoms with Gasteiger partial charge in [0.2, 0.25) is 0 Å². The normalized spacial score (nSPS) is 10.1. The fraction of sp³-hybridized carbons (Fsp3) is 0.333. The summed E-state index contributed by atoms with van der Waals surface area (Å²) in [5, 5.41) is 11.4. The van der Waals surface area contributed by atoms with E-state index in [0.717, 1.165) is 8.95 Å². The molecule has 19 heavy (non-hydrogen) atoms. The minimum atomic E-state index is -0.921. The molecule has 0 aliphatic carbocycles. The van der Waals surface area contributed by atoms with Gasteiger partial charge < -0.3 is 15.3 Å². The highest BCUT2D eigenvalue weighted by Crippen LogP contribution is 2.26. The molecule has 0 aliphatic heterocycles. The molecule has 0 heterocycles. The van der Waals surface area contributed by atoms with Crippen molar-refractivity contribution in [2.75, 3.05) is 18.4 Å². The number of aliphatic carboxylic acids is 1. The minimum absolute atomic E-state index is 0.0685. The maximum atomic E-state index is 12.0. The van der Waals surface area contributed by atoms with Gasteiger partial charge in [-0.25, -0.2) is 4.79 Å². The molecule has 2 amide bonds. The molecular weight excluding hydrogens is 380 g/mol. The number of amides is 2. The van der Waals surface area contributed by atoms with Gasteiger partial charge in [0.25, 0.3) is 0 Å². The van der Waals surface area contributed by atoms with Gasteiger partial charge in [-0.05, 0) is 41.1 Å². The second-order valence-electron chi connectivity index (χ2n) is 3.78. The summed E-state index contributed by atoms with van der Waals surface area (Å²) in [6.45, 7) is 2.44. The van der Waals surface area contributed by atoms with E-state index in [1.165, 1.54) is 4.90 Å². The molecule has 0 saturated heterocycles. The molecule has 104 valence electrons. The molecular formula is C12H14Br2N2O3. The zero-order chi connectivity index (χ0) is 14.4. The number of rotatable bonds is 5. The molecule has 0 unspecified atom stereocenters. The fourth-order valence-corrected chi connectivity index (χ4v) is 2.13. The van der Waals surface area contributed by atoms with Crippen molar-refractivity contribution in [3.8, 4) is 0 Å². The lowest BCUT2D eigenvalue weighted by Crippen LogP contribution is -2.36. The Kier molecular flexibility index (Phi) is 6.30. The van der Waals surface area contributed by atoms with E-state index in [1.807, 2.05) is 12.1 Å². The average Bonchev–Trinajstić information content (AvgIpc) is 2.34. The maximum absolute atomic E-state index is 12.0. The van der Waals surface area contributed by atoms with Gasteiger partial charge in [-0.1, -0.05) is 15.9 Å². The highest BCUT2D eigenvalue weighted by atomic mass is 79.9. The molecule has 1 rings (SSSR count). The Morgan fingerprint density at radius 3 is 2.63 bits per heavy atom. The number of carboxylic acids is 1. The molecule has 5 nitrogen and oxygen atoms in total. The third-order valence-corrected chi connectivity index (χ3v) is 3.62. The van der Waals surface area contributed by atoms with Crippen LogP contribution in [-0.4, -0.2) is 35.1 Å². The van der Waals surface area contributed by atoms with Gasteiger partial charge in [0.1, 0.15) is 0 Å². The highest BCUT2D eigenvalue weighted by Gasteiger charge is 2.14. The molecule has 1 aromatic rings. The van der Waals surface area contributed by atoms with Gasteiger partial charge >= 0.3 is 12.0 Å². The summed E-state index contributed by atoms with van der Waals surface area (Å²) in [5.74, 6) is -0.921. The van der Waals surface area contributed by atoms with Crippen LogP contribution >= 0.6 is 31.9 Å². The minimum Gasteiger partial charge on any atom is -0.481 e. The third-order valence-electron chi connectivity index (χ3n) is 2.43. The van der Waals surface area contributed by atoms with E-state index >= 15 is 0 Å². The lowest BCUT2D eigenvalue weighted by atomic mass is 10.3. The standard InChI is InChI=1S/C12H14Br2N2O3/c1-2-16(6-5-11(17)18)12(19)15-10-7-8(13)3-4-9(10)14/h3-4,7H,2,5-6H2,1H3,(H,15,19)(H,17,18). The molecule has 0 spiro atoms. The molecule has 7 heteroatoms. The van der Waals surface area contributed by atoms with E-state index in [2.05, 4.69) is 37.2 Å². The van der Waals surface area contributed by atoms with E-state index in [1.54, 1.807) is 13.0 Å². The first-order chi connectivity index (χ1) is 8.93. The van der Waals surface area contributed by atoms with E-state index in [4.69, 9.17) is 5.11 Å². The molecule has 0 aliphatic rings. The van der Waals surface area contributed by atoms with Crippen molar-refractivity contribution in [1.82, 2.24) is 4.90 Å². The third kappa shape index (κ3) is 5.20. The molecule has 1 aromatic carbocycles. The quantitative estimate of drug-likeness (QED) is 0.803. The predicted octanol–water partition coefficient (Wildman–Crippen LogP) is 3.54. The van der Waals surface area contributed by atoms with Crippen LogP contribution in [0.5, 0.6) is 0 Å². The van der Waals surface area contributed by atoms with E-state index in [9.17, 15) is 9.59 Å². The molecule has 0 aromatic heterocycles. The van der Waals surface area contributed by atoms with Gasteiger partial charge in [-0.3, -0.25) is 4.79 Å². The SMILES string of the molecule is CCN(CCC(=O)O)C(=O)Nc1cc(Br)ccc1Br. The van der Waals surface area contributed by atoms with E-state index < -0.39 is 5.97 Å². The van der Waals surface area contributed by atoms with Gasteiger partial charge in [0.15, 0.2) is 0 Å². The predicted molar refractivity (Wildman–Crippen MR) is 80.4 cm³/mol. The van der Waals surface area contributed by atoms with Crippen molar-refractivity contribution in [2.24, 2.45) is 0 Å². The molecule has 0 saturated carbocycles. The van der Waals surface area contributed by atoms with Gasteiger partial charge in [0, 0.05) is 22.0 Å². The Balaban J connectivity index is 2.71. The topological polar surface area (TPSA) is 69.6 Å². The number of carboxylic acid groups (broad SMARTS) is 1. The van der Waals surface area contributed by atoms with Crippen LogP contribution in [0.4, 0.5) is 10.5 Å². The van der Waals surface area contributed by atoms with Crippen molar-refractivity contribution >= 4 is 49.5 Å². The number of nitrogens with zero attached hydrogens (tertiary/aromatic N) is 1. The van der Waals surface area contributed by atoms with Crippen LogP contribution in [-0.2, 0) is 4.79 Å². The maximum Gasteiger partial charge on any atom is 0.321 e. The van der Waals surface area contributed by atoms with Crippen LogP contribution in [0.3, 0.4) is 0 Å². The van der Waals surface area contributed by atoms with Crippen LogP contribution in [0.1, 0.15) is 13.3 Å². The molecule has 0 atom stereocenters. The average molecular weight is 394 g/mol. The van der Waals surface area contributed by atoms with E-state index in [-0.39, 0.29) is 19.0 Å². The van der Waals surface area contributed by atoms with Crippen molar-refractivity contribution in [3.63, 3.8) is 0 Å². The summed E-state index contributed by atoms with van der Waals surface area (Å²) in [6.07, 6.45) is -0.0685. The first kappa shape index (κ1) is 16.0. The molecule has 0 bridgehead atoms. The number of hydrogen-bond acceptors (Lipinski definition) is 2. The van der Waals surface area contributed by atoms with Crippen molar-refractivity contribution in [2.45, 2.75) is 13.3 Å². The second-order valence-corrected chi connectivity index (χ2v) is 5.55. The molecule has 0 radical (unpaired) electrons. The first-order valence-electron chi connectivity index (χ1n) is 5.66. The lowest BCUT2D eigenvalue weighted by molar-refractivity contribution is -0.137. The van der Waals surface area contributed by atoms with Gasteiger partial charge in [-0.2, -0.15) is 0 Å². The number of carbonyl (C=O) groups excluding carboxylic acids is 1. The fourth-order valence-electron chi connectivity index (χ4n) is 1.42. The van der Waals surface area contributed by atoms with Gasteiger partial charge in [-0.15, -0.1) is 0 Å². The van der Waals surface area contributed by atoms with Crippen LogP contribution in [0, 0.1) is 0 Å². The monoisotopic (exact) mass is 392 g/mol. The molecule has 2 N–H and O–H groups in total. The zero-order valence-corrected chi connectivity index (χ0v) is 13.5. The summed E-state index contributed by atoms with van der Waals surface area (Å²) in [6, 6.07) is 5.12. The molecule has 0 fully saturated rings. The Morgan fingerprint density at radius 1 is 1.37 bits per heavy atom. The number of carbonyl (C=O) groups is 2. The second kappa shape index (κ2) is 7.49. The summed E-state index contributed by atoms with van der Waals surface area (Å²) < 4.78 is 1.61. The van der Waals surface area contributed by atoms with Crippen LogP contribution in [0.15, 0.2) is 27.1 Å². The Labute approximate surface area is 128 Å². The number of urea groups is 1. The van der Waals surface area contributed by atoms with Crippen LogP contribution < -0.4 is 5.32 Å². The van der Waals surface area contributed by atoms with Crippen molar-refractivity contribution in [3.05, 3.63) is 27.1 Å². The first-order valence-corrected chi connectivity index (χ1v) is 7.25. The Bertz CT molecular complexity index is 480. The number of hydrogen-bond donors (Lipinski definition) is 2. The number of nitrogens with one attached hydrogen (secondary N) is 1. The Hall–Kier alpha value is -1.08. The zero-order valence-electron chi connectivity index (χ0n) is 10.3. The summed E-state index contributed by atoms with van der Waals surface area (Å²) >= 11 is 6.67. The van der Waals surface area contributed by atoms with Crippen LogP contribution in [0.25, 0.3) is 0 Å². The van der Waals surface area contributed by atoms with E-state index in [0.29, 0.717) is 12.2 Å². The van der Waals surface area contributed by atoms with Crippen molar-refractivity contribution < 1.29 is 14.7 Å².